The van der Waals surface area contributed by atoms with Crippen LogP contribution in [0.5, 0.6) is 0 Å². The Morgan fingerprint density at radius 2 is 1.91 bits per heavy atom. The van der Waals surface area contributed by atoms with Crippen molar-refractivity contribution < 1.29 is 9.90 Å². The van der Waals surface area contributed by atoms with Crippen molar-refractivity contribution >= 4 is 35.1 Å². The number of carboxylic acid groups (broad SMARTS) is 1. The number of piperidine rings is 1. The summed E-state index contributed by atoms with van der Waals surface area (Å²) in [5, 5.41) is 13.1. The zero-order valence-electron chi connectivity index (χ0n) is 12.8. The Labute approximate surface area is 145 Å². The molecule has 126 valence electrons. The maximum Gasteiger partial charge on any atom is 0.407 e. The number of amides is 1. The number of aromatic nitrogens is 2. The molecule has 2 aliphatic rings. The zero-order chi connectivity index (χ0) is 16.4. The van der Waals surface area contributed by atoms with Gasteiger partial charge in [0.1, 0.15) is 10.8 Å². The van der Waals surface area contributed by atoms with Gasteiger partial charge >= 0.3 is 6.09 Å². The SMILES string of the molecule is O=C(O)N1CCC2(CCC(Nc3nc(Cl)ncc3Cl)CC2)CC1. The second kappa shape index (κ2) is 6.69. The number of hydrogen-bond donors (Lipinski definition) is 2. The number of carbonyl (C=O) groups is 1. The van der Waals surface area contributed by atoms with Crippen molar-refractivity contribution in [3.63, 3.8) is 0 Å². The number of rotatable bonds is 2. The molecule has 8 heteroatoms. The van der Waals surface area contributed by atoms with Crippen LogP contribution in [0, 0.1) is 5.41 Å². The van der Waals surface area contributed by atoms with E-state index in [1.807, 2.05) is 0 Å². The first-order valence-electron chi connectivity index (χ1n) is 7.90. The van der Waals surface area contributed by atoms with E-state index in [9.17, 15) is 4.79 Å². The molecule has 1 saturated carbocycles. The fourth-order valence-corrected chi connectivity index (χ4v) is 3.97. The summed E-state index contributed by atoms with van der Waals surface area (Å²) in [6.45, 7) is 1.31. The predicted molar refractivity (Wildman–Crippen MR) is 89.2 cm³/mol. The number of nitrogens with one attached hydrogen (secondary N) is 1. The molecule has 0 unspecified atom stereocenters. The molecule has 23 heavy (non-hydrogen) atoms. The number of likely N-dealkylation sites (tertiary alicyclic amines) is 1. The van der Waals surface area contributed by atoms with Gasteiger partial charge in [0.25, 0.3) is 0 Å². The topological polar surface area (TPSA) is 78.4 Å². The molecule has 2 N–H and O–H groups in total. The molecule has 3 rings (SSSR count). The molecule has 1 aromatic heterocycles. The van der Waals surface area contributed by atoms with Crippen LogP contribution < -0.4 is 5.32 Å². The summed E-state index contributed by atoms with van der Waals surface area (Å²) in [4.78, 5) is 20.5. The summed E-state index contributed by atoms with van der Waals surface area (Å²) < 4.78 is 0. The molecule has 2 fully saturated rings. The van der Waals surface area contributed by atoms with Gasteiger partial charge in [-0.3, -0.25) is 0 Å². The van der Waals surface area contributed by atoms with Crippen molar-refractivity contribution in [3.05, 3.63) is 16.5 Å². The molecule has 1 spiro atoms. The van der Waals surface area contributed by atoms with E-state index in [1.165, 1.54) is 11.1 Å². The molecule has 0 radical (unpaired) electrons. The molecule has 1 amide bonds. The van der Waals surface area contributed by atoms with Gasteiger partial charge in [0, 0.05) is 19.1 Å². The lowest BCUT2D eigenvalue weighted by Crippen LogP contribution is -2.45. The Bertz CT molecular complexity index is 581. The number of halogens is 2. The maximum atomic E-state index is 11.0. The summed E-state index contributed by atoms with van der Waals surface area (Å²) in [5.41, 5.74) is 0.303. The van der Waals surface area contributed by atoms with Crippen LogP contribution in [0.4, 0.5) is 10.6 Å². The molecular formula is C15H20Cl2N4O2. The third-order valence-electron chi connectivity index (χ3n) is 5.20. The van der Waals surface area contributed by atoms with Gasteiger partial charge in [-0.25, -0.2) is 9.78 Å². The summed E-state index contributed by atoms with van der Waals surface area (Å²) in [6.07, 6.45) is 6.91. The highest BCUT2D eigenvalue weighted by Gasteiger charge is 2.39. The molecule has 6 nitrogen and oxygen atoms in total. The lowest BCUT2D eigenvalue weighted by atomic mass is 9.67. The summed E-state index contributed by atoms with van der Waals surface area (Å²) in [7, 11) is 0. The van der Waals surface area contributed by atoms with E-state index in [4.69, 9.17) is 28.3 Å². The predicted octanol–water partition coefficient (Wildman–Crippen LogP) is 3.90. The van der Waals surface area contributed by atoms with Crippen molar-refractivity contribution in [1.29, 1.82) is 0 Å². The second-order valence-electron chi connectivity index (χ2n) is 6.52. The standard InChI is InChI=1S/C15H20Cl2N4O2/c16-11-9-18-13(17)20-12(11)19-10-1-3-15(4-2-10)5-7-21(8-6-15)14(22)23/h9-10H,1-8H2,(H,22,23)(H,18,19,20). The highest BCUT2D eigenvalue weighted by molar-refractivity contribution is 6.33. The highest BCUT2D eigenvalue weighted by Crippen LogP contribution is 2.45. The molecule has 0 atom stereocenters. The van der Waals surface area contributed by atoms with Crippen LogP contribution in [0.3, 0.4) is 0 Å². The molecule has 1 aliphatic carbocycles. The molecule has 1 aromatic rings. The Balaban J connectivity index is 1.55. The van der Waals surface area contributed by atoms with Crippen molar-refractivity contribution in [3.8, 4) is 0 Å². The quantitative estimate of drug-likeness (QED) is 0.783. The van der Waals surface area contributed by atoms with Crippen molar-refractivity contribution in [1.82, 2.24) is 14.9 Å². The lowest BCUT2D eigenvalue weighted by molar-refractivity contribution is 0.0620. The van der Waals surface area contributed by atoms with E-state index in [0.717, 1.165) is 38.5 Å². The van der Waals surface area contributed by atoms with Gasteiger partial charge in [0.2, 0.25) is 5.28 Å². The zero-order valence-corrected chi connectivity index (χ0v) is 14.3. The Hall–Kier alpha value is -1.27. The van der Waals surface area contributed by atoms with Crippen LogP contribution in [0.2, 0.25) is 10.3 Å². The molecule has 2 heterocycles. The minimum Gasteiger partial charge on any atom is -0.465 e. The van der Waals surface area contributed by atoms with E-state index < -0.39 is 6.09 Å². The third-order valence-corrected chi connectivity index (χ3v) is 5.66. The molecule has 1 saturated heterocycles. The first-order chi connectivity index (χ1) is 11.0. The smallest absolute Gasteiger partial charge is 0.407 e. The van der Waals surface area contributed by atoms with Crippen LogP contribution in [0.25, 0.3) is 0 Å². The van der Waals surface area contributed by atoms with Crippen LogP contribution >= 0.6 is 23.2 Å². The van der Waals surface area contributed by atoms with Gasteiger partial charge in [0.05, 0.1) is 6.20 Å². The van der Waals surface area contributed by atoms with Crippen LogP contribution in [-0.2, 0) is 0 Å². The van der Waals surface area contributed by atoms with Gasteiger partial charge in [-0.2, -0.15) is 4.98 Å². The summed E-state index contributed by atoms with van der Waals surface area (Å²) in [5.74, 6) is 0.591. The van der Waals surface area contributed by atoms with E-state index in [2.05, 4.69) is 15.3 Å². The maximum absolute atomic E-state index is 11.0. The second-order valence-corrected chi connectivity index (χ2v) is 7.27. The van der Waals surface area contributed by atoms with Crippen molar-refractivity contribution in [2.45, 2.75) is 44.6 Å². The molecular weight excluding hydrogens is 339 g/mol. The Morgan fingerprint density at radius 3 is 2.52 bits per heavy atom. The van der Waals surface area contributed by atoms with E-state index in [1.54, 1.807) is 0 Å². The van der Waals surface area contributed by atoms with E-state index in [0.29, 0.717) is 35.4 Å². The van der Waals surface area contributed by atoms with Gasteiger partial charge in [0.15, 0.2) is 0 Å². The normalized spacial score (nSPS) is 21.4. The Morgan fingerprint density at radius 1 is 1.26 bits per heavy atom. The van der Waals surface area contributed by atoms with Crippen molar-refractivity contribution in [2.75, 3.05) is 18.4 Å². The van der Waals surface area contributed by atoms with Gasteiger partial charge in [-0.05, 0) is 55.5 Å². The monoisotopic (exact) mass is 358 g/mol. The minimum absolute atomic E-state index is 0.185. The third kappa shape index (κ3) is 3.80. The fourth-order valence-electron chi connectivity index (χ4n) is 3.69. The summed E-state index contributed by atoms with van der Waals surface area (Å²) in [6, 6.07) is 0.321. The number of nitrogens with zero attached hydrogens (tertiary/aromatic N) is 3. The van der Waals surface area contributed by atoms with E-state index >= 15 is 0 Å². The number of hydrogen-bond acceptors (Lipinski definition) is 4. The molecule has 1 aliphatic heterocycles. The highest BCUT2D eigenvalue weighted by atomic mass is 35.5. The van der Waals surface area contributed by atoms with Gasteiger partial charge < -0.3 is 15.3 Å². The average Bonchev–Trinajstić information content (AvgIpc) is 2.54. The minimum atomic E-state index is -0.800. The largest absolute Gasteiger partial charge is 0.465 e. The lowest BCUT2D eigenvalue weighted by Gasteiger charge is -2.45. The first kappa shape index (κ1) is 16.6. The molecule has 0 bridgehead atoms. The van der Waals surface area contributed by atoms with Crippen LogP contribution in [-0.4, -0.2) is 45.2 Å². The Kier molecular flexibility index (Phi) is 4.82. The van der Waals surface area contributed by atoms with Gasteiger partial charge in [-0.15, -0.1) is 0 Å². The number of anilines is 1. The molecule has 0 aromatic carbocycles. The average molecular weight is 359 g/mol. The van der Waals surface area contributed by atoms with Crippen LogP contribution in [0.15, 0.2) is 6.20 Å². The van der Waals surface area contributed by atoms with Gasteiger partial charge in [-0.1, -0.05) is 11.6 Å². The fraction of sp³-hybridized carbons (Fsp3) is 0.667. The van der Waals surface area contributed by atoms with Crippen molar-refractivity contribution in [2.24, 2.45) is 5.41 Å². The van der Waals surface area contributed by atoms with E-state index in [-0.39, 0.29) is 5.28 Å². The van der Waals surface area contributed by atoms with Crippen LogP contribution in [0.1, 0.15) is 38.5 Å². The summed E-state index contributed by atoms with van der Waals surface area (Å²) >= 11 is 11.9. The first-order valence-corrected chi connectivity index (χ1v) is 8.65.